The minimum absolute atomic E-state index is 0.0373. The first-order valence-corrected chi connectivity index (χ1v) is 10.9. The lowest BCUT2D eigenvalue weighted by Gasteiger charge is -2.27. The van der Waals surface area contributed by atoms with Gasteiger partial charge in [0, 0.05) is 31.7 Å². The average molecular weight is 374 g/mol. The van der Waals surface area contributed by atoms with Crippen molar-refractivity contribution in [2.75, 3.05) is 31.6 Å². The predicted octanol–water partition coefficient (Wildman–Crippen LogP) is 0.586. The molecule has 1 heterocycles. The number of hydrogen-bond donors (Lipinski definition) is 0. The fourth-order valence-electron chi connectivity index (χ4n) is 2.31. The van der Waals surface area contributed by atoms with Gasteiger partial charge in [-0.15, -0.1) is 0 Å². The topological polar surface area (TPSA) is 91.8 Å². The highest BCUT2D eigenvalue weighted by Gasteiger charge is 2.27. The Morgan fingerprint density at radius 1 is 1.12 bits per heavy atom. The molecule has 1 aliphatic heterocycles. The first-order chi connectivity index (χ1) is 11.0. The quantitative estimate of drug-likeness (QED) is 0.769. The van der Waals surface area contributed by atoms with Crippen LogP contribution < -0.4 is 0 Å². The molecule has 0 unspecified atom stereocenters. The zero-order valence-electron chi connectivity index (χ0n) is 14.0. The van der Waals surface area contributed by atoms with Gasteiger partial charge in [0.1, 0.15) is 0 Å². The molecule has 0 aromatic heterocycles. The van der Waals surface area contributed by atoms with Gasteiger partial charge < -0.3 is 4.90 Å². The standard InChI is InChI=1S/C15H22N2O5S2/c1-12(2)16(3)24(21,22)14-6-4-13(5-7-14)15(18)17-8-10-23(19,20)11-9-17/h4-7,12H,8-11H2,1-3H3. The van der Waals surface area contributed by atoms with Crippen molar-refractivity contribution in [1.29, 1.82) is 0 Å². The van der Waals surface area contributed by atoms with Gasteiger partial charge in [-0.2, -0.15) is 4.31 Å². The molecule has 0 radical (unpaired) electrons. The maximum atomic E-state index is 12.4. The van der Waals surface area contributed by atoms with Crippen LogP contribution in [0.2, 0.25) is 0 Å². The van der Waals surface area contributed by atoms with Gasteiger partial charge in [0.2, 0.25) is 10.0 Å². The summed E-state index contributed by atoms with van der Waals surface area (Å²) >= 11 is 0. The fourth-order valence-corrected chi connectivity index (χ4v) is 4.88. The third-order valence-electron chi connectivity index (χ3n) is 4.14. The zero-order chi connectivity index (χ0) is 18.1. The zero-order valence-corrected chi connectivity index (χ0v) is 15.6. The SMILES string of the molecule is CC(C)N(C)S(=O)(=O)c1ccc(C(=O)N2CCS(=O)(=O)CC2)cc1. The molecule has 0 saturated carbocycles. The van der Waals surface area contributed by atoms with Gasteiger partial charge >= 0.3 is 0 Å². The molecule has 0 bridgehead atoms. The molecule has 1 saturated heterocycles. The molecule has 9 heteroatoms. The van der Waals surface area contributed by atoms with Crippen LogP contribution >= 0.6 is 0 Å². The smallest absolute Gasteiger partial charge is 0.253 e. The van der Waals surface area contributed by atoms with Gasteiger partial charge in [-0.05, 0) is 38.1 Å². The normalized spacial score (nSPS) is 18.1. The van der Waals surface area contributed by atoms with Crippen LogP contribution in [0.15, 0.2) is 29.2 Å². The largest absolute Gasteiger partial charge is 0.337 e. The second-order valence-electron chi connectivity index (χ2n) is 6.08. The van der Waals surface area contributed by atoms with E-state index in [1.165, 1.54) is 40.5 Å². The Bertz CT molecular complexity index is 800. The fraction of sp³-hybridized carbons (Fsp3) is 0.533. The van der Waals surface area contributed by atoms with Crippen LogP contribution in [-0.4, -0.2) is 69.6 Å². The lowest BCUT2D eigenvalue weighted by Crippen LogP contribution is -2.43. The lowest BCUT2D eigenvalue weighted by molar-refractivity contribution is 0.0770. The van der Waals surface area contributed by atoms with Crippen LogP contribution in [0.3, 0.4) is 0 Å². The highest BCUT2D eigenvalue weighted by Crippen LogP contribution is 2.18. The average Bonchev–Trinajstić information content (AvgIpc) is 2.53. The van der Waals surface area contributed by atoms with Gasteiger partial charge in [0.15, 0.2) is 9.84 Å². The Labute approximate surface area is 143 Å². The summed E-state index contributed by atoms with van der Waals surface area (Å²) in [6, 6.07) is 5.56. The van der Waals surface area contributed by atoms with Gasteiger partial charge in [0.05, 0.1) is 16.4 Å². The van der Waals surface area contributed by atoms with Crippen molar-refractivity contribution in [1.82, 2.24) is 9.21 Å². The number of sulfone groups is 1. The summed E-state index contributed by atoms with van der Waals surface area (Å²) in [5, 5.41) is 0. The van der Waals surface area contributed by atoms with Crippen molar-refractivity contribution in [3.8, 4) is 0 Å². The molecule has 0 spiro atoms. The molecule has 1 aromatic carbocycles. The molecule has 0 aliphatic carbocycles. The molecule has 1 fully saturated rings. The van der Waals surface area contributed by atoms with E-state index in [2.05, 4.69) is 0 Å². The van der Waals surface area contributed by atoms with Crippen LogP contribution in [0.1, 0.15) is 24.2 Å². The van der Waals surface area contributed by atoms with E-state index < -0.39 is 19.9 Å². The summed E-state index contributed by atoms with van der Waals surface area (Å²) in [6.07, 6.45) is 0. The number of carbonyl (C=O) groups is 1. The molecule has 1 aliphatic rings. The van der Waals surface area contributed by atoms with Crippen LogP contribution in [0.5, 0.6) is 0 Å². The highest BCUT2D eigenvalue weighted by molar-refractivity contribution is 7.91. The Kier molecular flexibility index (Phi) is 5.36. The minimum atomic E-state index is -3.59. The van der Waals surface area contributed by atoms with E-state index in [4.69, 9.17) is 0 Å². The summed E-state index contributed by atoms with van der Waals surface area (Å²) in [7, 11) is -5.14. The van der Waals surface area contributed by atoms with Gasteiger partial charge in [-0.25, -0.2) is 16.8 Å². The first-order valence-electron chi connectivity index (χ1n) is 7.62. The molecule has 7 nitrogen and oxygen atoms in total. The number of nitrogens with zero attached hydrogens (tertiary/aromatic N) is 2. The van der Waals surface area contributed by atoms with E-state index in [9.17, 15) is 21.6 Å². The molecule has 24 heavy (non-hydrogen) atoms. The Morgan fingerprint density at radius 2 is 1.62 bits per heavy atom. The second kappa shape index (κ2) is 6.81. The van der Waals surface area contributed by atoms with Crippen molar-refractivity contribution in [2.24, 2.45) is 0 Å². The summed E-state index contributed by atoms with van der Waals surface area (Å²) < 4.78 is 48.9. The summed E-state index contributed by atoms with van der Waals surface area (Å²) in [6.45, 7) is 3.88. The third-order valence-corrected chi connectivity index (χ3v) is 7.79. The maximum absolute atomic E-state index is 12.4. The van der Waals surface area contributed by atoms with E-state index in [1.54, 1.807) is 13.8 Å². The monoisotopic (exact) mass is 374 g/mol. The molecular formula is C15H22N2O5S2. The summed E-state index contributed by atoms with van der Waals surface area (Å²) in [5.74, 6) is -0.361. The minimum Gasteiger partial charge on any atom is -0.337 e. The molecule has 134 valence electrons. The number of hydrogen-bond acceptors (Lipinski definition) is 5. The Balaban J connectivity index is 2.16. The van der Waals surface area contributed by atoms with Crippen LogP contribution in [0.25, 0.3) is 0 Å². The van der Waals surface area contributed by atoms with Crippen molar-refractivity contribution in [2.45, 2.75) is 24.8 Å². The van der Waals surface area contributed by atoms with Gasteiger partial charge in [-0.3, -0.25) is 4.79 Å². The molecule has 2 rings (SSSR count). The summed E-state index contributed by atoms with van der Waals surface area (Å²) in [5.41, 5.74) is 0.348. The lowest BCUT2D eigenvalue weighted by atomic mass is 10.2. The maximum Gasteiger partial charge on any atom is 0.253 e. The van der Waals surface area contributed by atoms with Crippen LogP contribution in [-0.2, 0) is 19.9 Å². The Morgan fingerprint density at radius 3 is 2.08 bits per heavy atom. The van der Waals surface area contributed by atoms with Crippen LogP contribution in [0.4, 0.5) is 0 Å². The van der Waals surface area contributed by atoms with E-state index in [0.29, 0.717) is 5.56 Å². The number of amides is 1. The van der Waals surface area contributed by atoms with Gasteiger partial charge in [0.25, 0.3) is 5.91 Å². The number of benzene rings is 1. The molecular weight excluding hydrogens is 352 g/mol. The van der Waals surface area contributed by atoms with E-state index in [1.807, 2.05) is 0 Å². The van der Waals surface area contributed by atoms with E-state index in [0.717, 1.165) is 0 Å². The second-order valence-corrected chi connectivity index (χ2v) is 10.4. The Hall–Kier alpha value is -1.45. The van der Waals surface area contributed by atoms with E-state index >= 15 is 0 Å². The number of carbonyl (C=O) groups excluding carboxylic acids is 1. The van der Waals surface area contributed by atoms with Crippen molar-refractivity contribution in [3.05, 3.63) is 29.8 Å². The van der Waals surface area contributed by atoms with Gasteiger partial charge in [-0.1, -0.05) is 0 Å². The first kappa shape index (κ1) is 18.9. The molecule has 0 N–H and O–H groups in total. The predicted molar refractivity (Wildman–Crippen MR) is 91.1 cm³/mol. The highest BCUT2D eigenvalue weighted by atomic mass is 32.2. The molecule has 0 atom stereocenters. The molecule has 1 amide bonds. The van der Waals surface area contributed by atoms with Crippen molar-refractivity contribution < 1.29 is 21.6 Å². The third kappa shape index (κ3) is 3.96. The summed E-state index contributed by atoms with van der Waals surface area (Å²) in [4.78, 5) is 14.0. The van der Waals surface area contributed by atoms with Crippen LogP contribution in [0, 0.1) is 0 Å². The van der Waals surface area contributed by atoms with Crippen molar-refractivity contribution >= 4 is 25.8 Å². The number of sulfonamides is 1. The number of rotatable bonds is 4. The van der Waals surface area contributed by atoms with E-state index in [-0.39, 0.29) is 41.4 Å². The molecule has 1 aromatic rings. The van der Waals surface area contributed by atoms with Crippen molar-refractivity contribution in [3.63, 3.8) is 0 Å².